The summed E-state index contributed by atoms with van der Waals surface area (Å²) >= 11 is 0. The van der Waals surface area contributed by atoms with E-state index in [1.807, 2.05) is 54.6 Å². The molecule has 0 bridgehead atoms. The van der Waals surface area contributed by atoms with Crippen molar-refractivity contribution in [1.82, 2.24) is 14.8 Å². The Bertz CT molecular complexity index is 1010. The highest BCUT2D eigenvalue weighted by molar-refractivity contribution is 6.05. The van der Waals surface area contributed by atoms with Gasteiger partial charge in [-0.25, -0.2) is 4.98 Å². The molecule has 0 saturated carbocycles. The quantitative estimate of drug-likeness (QED) is 0.671. The molecule has 29 heavy (non-hydrogen) atoms. The summed E-state index contributed by atoms with van der Waals surface area (Å²) < 4.78 is 7.54. The molecule has 0 aliphatic carbocycles. The second kappa shape index (κ2) is 7.58. The van der Waals surface area contributed by atoms with Crippen LogP contribution in [-0.2, 0) is 13.2 Å². The van der Waals surface area contributed by atoms with Crippen LogP contribution in [0.5, 0.6) is 5.75 Å². The largest absolute Gasteiger partial charge is 0.487 e. The van der Waals surface area contributed by atoms with Gasteiger partial charge >= 0.3 is 0 Å². The highest BCUT2D eigenvalue weighted by Crippen LogP contribution is 2.24. The molecule has 3 aromatic rings. The van der Waals surface area contributed by atoms with E-state index in [1.54, 1.807) is 9.58 Å². The third-order valence-corrected chi connectivity index (χ3v) is 5.39. The van der Waals surface area contributed by atoms with Crippen LogP contribution < -0.4 is 14.5 Å². The molecule has 148 valence electrons. The van der Waals surface area contributed by atoms with Gasteiger partial charge in [0.1, 0.15) is 35.4 Å². The normalized spacial score (nSPS) is 16.2. The minimum absolute atomic E-state index is 0.0687. The molecule has 1 fully saturated rings. The van der Waals surface area contributed by atoms with Gasteiger partial charge in [0.15, 0.2) is 0 Å². The first kappa shape index (κ1) is 17.7. The number of pyridine rings is 1. The third-order valence-electron chi connectivity index (χ3n) is 5.39. The van der Waals surface area contributed by atoms with Gasteiger partial charge in [-0.05, 0) is 43.2 Å². The number of rotatable bonds is 5. The second-order valence-corrected chi connectivity index (χ2v) is 7.35. The predicted molar refractivity (Wildman–Crippen MR) is 110 cm³/mol. The summed E-state index contributed by atoms with van der Waals surface area (Å²) in [5.74, 6) is 2.37. The van der Waals surface area contributed by atoms with E-state index < -0.39 is 0 Å². The summed E-state index contributed by atoms with van der Waals surface area (Å²) in [7, 11) is 0. The zero-order chi connectivity index (χ0) is 19.6. The molecular formula is C22H23N5O2. The van der Waals surface area contributed by atoms with Crippen LogP contribution in [-0.4, -0.2) is 40.3 Å². The lowest BCUT2D eigenvalue weighted by Gasteiger charge is -2.27. The summed E-state index contributed by atoms with van der Waals surface area (Å²) in [5, 5.41) is 4.54. The molecule has 7 heteroatoms. The predicted octanol–water partition coefficient (Wildman–Crippen LogP) is 3.12. The topological polar surface area (TPSA) is 63.5 Å². The zero-order valence-corrected chi connectivity index (χ0v) is 16.2. The van der Waals surface area contributed by atoms with Crippen molar-refractivity contribution >= 4 is 17.5 Å². The van der Waals surface area contributed by atoms with Gasteiger partial charge in [-0.1, -0.05) is 24.3 Å². The standard InChI is InChI=1S/C22H23N5O2/c28-22-19-15-17(16-29-18-7-2-1-3-8-18)24-27(19)14-13-26(22)21-10-6-9-20(23-21)25-11-4-5-12-25/h1-3,6-10,15H,4-5,11-14,16H2. The van der Waals surface area contributed by atoms with Crippen molar-refractivity contribution in [2.75, 3.05) is 29.4 Å². The molecular weight excluding hydrogens is 366 g/mol. The molecule has 1 aromatic carbocycles. The lowest BCUT2D eigenvalue weighted by atomic mass is 10.2. The summed E-state index contributed by atoms with van der Waals surface area (Å²) in [6, 6.07) is 17.3. The number of nitrogens with zero attached hydrogens (tertiary/aromatic N) is 5. The second-order valence-electron chi connectivity index (χ2n) is 7.35. The van der Waals surface area contributed by atoms with E-state index in [2.05, 4.69) is 10.00 Å². The first-order chi connectivity index (χ1) is 14.3. The van der Waals surface area contributed by atoms with Crippen LogP contribution in [0.1, 0.15) is 29.0 Å². The van der Waals surface area contributed by atoms with Crippen molar-refractivity contribution in [3.05, 3.63) is 66.0 Å². The van der Waals surface area contributed by atoms with E-state index in [1.165, 1.54) is 12.8 Å². The Kier molecular flexibility index (Phi) is 4.63. The number of ether oxygens (including phenoxy) is 1. The molecule has 1 amide bonds. The van der Waals surface area contributed by atoms with Crippen LogP contribution in [0.25, 0.3) is 0 Å². The minimum Gasteiger partial charge on any atom is -0.487 e. The van der Waals surface area contributed by atoms with Crippen LogP contribution in [0.3, 0.4) is 0 Å². The number of hydrogen-bond donors (Lipinski definition) is 0. The Hall–Kier alpha value is -3.35. The molecule has 0 atom stereocenters. The number of carbonyl (C=O) groups is 1. The van der Waals surface area contributed by atoms with E-state index in [0.717, 1.165) is 30.4 Å². The number of benzene rings is 1. The highest BCUT2D eigenvalue weighted by Gasteiger charge is 2.29. The van der Waals surface area contributed by atoms with Crippen LogP contribution >= 0.6 is 0 Å². The fraction of sp³-hybridized carbons (Fsp3) is 0.318. The summed E-state index contributed by atoms with van der Waals surface area (Å²) in [5.41, 5.74) is 1.33. The molecule has 0 spiro atoms. The number of fused-ring (bicyclic) bond motifs is 1. The van der Waals surface area contributed by atoms with Crippen molar-refractivity contribution in [2.45, 2.75) is 26.0 Å². The fourth-order valence-corrected chi connectivity index (χ4v) is 3.90. The van der Waals surface area contributed by atoms with Gasteiger partial charge in [0.25, 0.3) is 5.91 Å². The van der Waals surface area contributed by atoms with Crippen LogP contribution in [0.2, 0.25) is 0 Å². The van der Waals surface area contributed by atoms with Crippen LogP contribution in [0.4, 0.5) is 11.6 Å². The fourth-order valence-electron chi connectivity index (χ4n) is 3.90. The Balaban J connectivity index is 1.33. The maximum atomic E-state index is 13.1. The van der Waals surface area contributed by atoms with Crippen molar-refractivity contribution in [3.8, 4) is 5.75 Å². The van der Waals surface area contributed by atoms with E-state index in [0.29, 0.717) is 31.2 Å². The van der Waals surface area contributed by atoms with E-state index >= 15 is 0 Å². The maximum absolute atomic E-state index is 13.1. The monoisotopic (exact) mass is 389 g/mol. The van der Waals surface area contributed by atoms with Crippen LogP contribution in [0.15, 0.2) is 54.6 Å². The lowest BCUT2D eigenvalue weighted by Crippen LogP contribution is -2.41. The Morgan fingerprint density at radius 2 is 1.69 bits per heavy atom. The molecule has 2 aliphatic rings. The molecule has 0 unspecified atom stereocenters. The van der Waals surface area contributed by atoms with Crippen molar-refractivity contribution < 1.29 is 9.53 Å². The van der Waals surface area contributed by atoms with Gasteiger partial charge < -0.3 is 9.64 Å². The lowest BCUT2D eigenvalue weighted by molar-refractivity contribution is 0.0961. The molecule has 2 aromatic heterocycles. The van der Waals surface area contributed by atoms with E-state index in [9.17, 15) is 4.79 Å². The van der Waals surface area contributed by atoms with Gasteiger partial charge in [0.05, 0.1) is 6.54 Å². The summed E-state index contributed by atoms with van der Waals surface area (Å²) in [6.45, 7) is 3.59. The summed E-state index contributed by atoms with van der Waals surface area (Å²) in [4.78, 5) is 21.9. The Labute approximate surface area is 169 Å². The number of aromatic nitrogens is 3. The van der Waals surface area contributed by atoms with Crippen LogP contribution in [0, 0.1) is 0 Å². The highest BCUT2D eigenvalue weighted by atomic mass is 16.5. The SMILES string of the molecule is O=C1c2cc(COc3ccccc3)nn2CCN1c1cccc(N2CCCC2)n1. The van der Waals surface area contributed by atoms with Gasteiger partial charge in [-0.3, -0.25) is 14.4 Å². The van der Waals surface area contributed by atoms with Gasteiger partial charge in [0, 0.05) is 19.6 Å². The molecule has 4 heterocycles. The van der Waals surface area contributed by atoms with Crippen molar-refractivity contribution in [1.29, 1.82) is 0 Å². The van der Waals surface area contributed by atoms with Gasteiger partial charge in [0.2, 0.25) is 0 Å². The number of carbonyl (C=O) groups excluding carboxylic acids is 1. The van der Waals surface area contributed by atoms with Crippen molar-refractivity contribution in [3.63, 3.8) is 0 Å². The summed E-state index contributed by atoms with van der Waals surface area (Å²) in [6.07, 6.45) is 2.39. The molecule has 1 saturated heterocycles. The first-order valence-corrected chi connectivity index (χ1v) is 10.1. The molecule has 7 nitrogen and oxygen atoms in total. The minimum atomic E-state index is -0.0687. The van der Waals surface area contributed by atoms with E-state index in [-0.39, 0.29) is 5.91 Å². The zero-order valence-electron chi connectivity index (χ0n) is 16.2. The van der Waals surface area contributed by atoms with Gasteiger partial charge in [-0.2, -0.15) is 5.10 Å². The Morgan fingerprint density at radius 1 is 0.897 bits per heavy atom. The maximum Gasteiger partial charge on any atom is 0.277 e. The van der Waals surface area contributed by atoms with E-state index in [4.69, 9.17) is 9.72 Å². The van der Waals surface area contributed by atoms with Gasteiger partial charge in [-0.15, -0.1) is 0 Å². The molecule has 0 radical (unpaired) electrons. The average molecular weight is 389 g/mol. The number of para-hydroxylation sites is 1. The molecule has 0 N–H and O–H groups in total. The third kappa shape index (κ3) is 3.55. The average Bonchev–Trinajstić information content (AvgIpc) is 3.44. The number of anilines is 2. The molecule has 2 aliphatic heterocycles. The number of hydrogen-bond acceptors (Lipinski definition) is 5. The smallest absolute Gasteiger partial charge is 0.277 e. The van der Waals surface area contributed by atoms with Crippen molar-refractivity contribution in [2.24, 2.45) is 0 Å². The number of amides is 1. The molecule has 5 rings (SSSR count). The Morgan fingerprint density at radius 3 is 2.52 bits per heavy atom. The first-order valence-electron chi connectivity index (χ1n) is 10.1.